The number of hydrogen-bond donors (Lipinski definition) is 10. The van der Waals surface area contributed by atoms with E-state index < -0.39 is 162 Å². The molecule has 3 rings (SSSR count). The molecule has 19 atom stereocenters. The van der Waals surface area contributed by atoms with Crippen molar-refractivity contribution in [3.05, 3.63) is 12.2 Å². The molecule has 2 heterocycles. The number of carbonyl (C=O) groups is 4. The first-order valence-corrected chi connectivity index (χ1v) is 51.3. The maximum Gasteiger partial charge on any atom is 0.472 e. The molecule has 3 fully saturated rings. The van der Waals surface area contributed by atoms with Crippen LogP contribution in [0.25, 0.3) is 0 Å². The van der Waals surface area contributed by atoms with Crippen LogP contribution in [0.3, 0.4) is 0 Å². The molecule has 19 unspecified atom stereocenters. The van der Waals surface area contributed by atoms with Gasteiger partial charge in [-0.3, -0.25) is 28.2 Å². The Morgan fingerprint density at radius 1 is 0.344 bits per heavy atom. The van der Waals surface area contributed by atoms with Gasteiger partial charge in [0.2, 0.25) is 0 Å². The summed E-state index contributed by atoms with van der Waals surface area (Å²) in [5, 5.41) is 103. The van der Waals surface area contributed by atoms with Crippen molar-refractivity contribution in [1.82, 2.24) is 0 Å². The van der Waals surface area contributed by atoms with Crippen LogP contribution in [0.5, 0.6) is 0 Å². The number of rotatable bonds is 81. The van der Waals surface area contributed by atoms with E-state index in [1.54, 1.807) is 0 Å². The summed E-state index contributed by atoms with van der Waals surface area (Å²) >= 11 is 0. The number of unbranched alkanes of at least 4 members (excludes halogenated alkanes) is 51. The second kappa shape index (κ2) is 73.9. The van der Waals surface area contributed by atoms with Gasteiger partial charge in [-0.2, -0.15) is 0 Å². The molecule has 122 heavy (non-hydrogen) atoms. The van der Waals surface area contributed by atoms with Crippen LogP contribution in [-0.2, 0) is 70.7 Å². The van der Waals surface area contributed by atoms with Crippen LogP contribution in [0.4, 0.5) is 0 Å². The summed E-state index contributed by atoms with van der Waals surface area (Å²) in [4.78, 5) is 66.7. The molecule has 0 aromatic heterocycles. The van der Waals surface area contributed by atoms with Crippen LogP contribution < -0.4 is 0 Å². The second-order valence-corrected chi connectivity index (χ2v) is 37.3. The predicted molar refractivity (Wildman–Crippen MR) is 476 cm³/mol. The van der Waals surface area contributed by atoms with E-state index in [-0.39, 0.29) is 25.7 Å². The van der Waals surface area contributed by atoms with E-state index in [0.29, 0.717) is 38.0 Å². The molecule has 718 valence electrons. The number of carbonyl (C=O) groups excluding carboxylic acids is 4. The van der Waals surface area contributed by atoms with Gasteiger partial charge in [-0.25, -0.2) is 4.57 Å². The van der Waals surface area contributed by atoms with Gasteiger partial charge in [0.25, 0.3) is 0 Å². The van der Waals surface area contributed by atoms with Gasteiger partial charge in [0, 0.05) is 25.7 Å². The van der Waals surface area contributed by atoms with Gasteiger partial charge in [-0.1, -0.05) is 374 Å². The van der Waals surface area contributed by atoms with Crippen LogP contribution >= 0.6 is 7.82 Å². The number of allylic oxidation sites excluding steroid dienone is 2. The summed E-state index contributed by atoms with van der Waals surface area (Å²) in [6, 6.07) is 0. The average Bonchev–Trinajstić information content (AvgIpc) is 0.753. The fourth-order valence-corrected chi connectivity index (χ4v) is 17.6. The molecule has 1 aliphatic carbocycles. The average molecular weight is 1760 g/mol. The zero-order chi connectivity index (χ0) is 89.1. The molecule has 26 heteroatoms. The maximum absolute atomic E-state index is 14.9. The molecule has 2 aliphatic heterocycles. The SMILES string of the molecule is CCCCCC/C=C\CCCCCCCCCC(=O)OCC(COP(=O)(O)OC1C(OC2OC(CO)C(O)C(O)C2O)C(O)C(O)C(OC(=O)CCCCCCCCCCCCCCCCCC)C1OC1OC(COC(=O)CCCCCCCCC(C)CCCCCCCC)C(O)C(O)C1O)OC(=O)CCCCCCCCCCCCCCCCCC. The first-order chi connectivity index (χ1) is 59.1. The molecular formula is C96H179O25P. The van der Waals surface area contributed by atoms with Crippen molar-refractivity contribution in [2.45, 2.75) is 543 Å². The first kappa shape index (κ1) is 113. The molecule has 3 aliphatic rings. The number of esters is 4. The van der Waals surface area contributed by atoms with Crippen molar-refractivity contribution in [3.63, 3.8) is 0 Å². The Morgan fingerprint density at radius 2 is 0.664 bits per heavy atom. The van der Waals surface area contributed by atoms with Crippen molar-refractivity contribution in [1.29, 1.82) is 0 Å². The lowest BCUT2D eigenvalue weighted by molar-refractivity contribution is -0.360. The standard InChI is InChI=1S/C96H179O25P/c1-6-10-14-18-22-25-28-31-34-37-40-43-46-49-57-63-69-81(100)115-76(72-112-79(98)67-61-55-48-45-42-39-36-33-30-27-24-20-16-12-8-3)73-114-122(110,111)121-94-92(119-95-89(108)85(104)83(102)77(71-97)116-95)88(107)87(106)91(118-82(101)70-64-58-50-47-44-41-38-35-32-29-26-23-19-15-11-7-2)93(94)120-96-90(109)86(105)84(103)78(117-96)74-113-80(99)68-62-56-52-51-54-60-66-75(5)65-59-53-21-17-13-9-4/h27,30,75-78,83-97,102-109H,6-26,28-29,31-74H2,1-5H3,(H,110,111)/b30-27-. The number of aliphatic hydroxyl groups excluding tert-OH is 9. The minimum Gasteiger partial charge on any atom is -0.463 e. The third kappa shape index (κ3) is 53.4. The van der Waals surface area contributed by atoms with E-state index >= 15 is 0 Å². The fourth-order valence-electron chi connectivity index (χ4n) is 16.7. The van der Waals surface area contributed by atoms with Crippen LogP contribution in [0, 0.1) is 5.92 Å². The summed E-state index contributed by atoms with van der Waals surface area (Å²) in [6.45, 7) is 7.97. The van der Waals surface area contributed by atoms with Gasteiger partial charge in [0.15, 0.2) is 24.8 Å². The highest BCUT2D eigenvalue weighted by atomic mass is 31.2. The van der Waals surface area contributed by atoms with E-state index in [0.717, 1.165) is 148 Å². The molecule has 0 amide bonds. The van der Waals surface area contributed by atoms with E-state index in [9.17, 15) is 74.6 Å². The quantitative estimate of drug-likeness (QED) is 0.00889. The number of hydrogen-bond acceptors (Lipinski definition) is 24. The van der Waals surface area contributed by atoms with Gasteiger partial charge in [0.1, 0.15) is 92.6 Å². The number of ether oxygens (including phenoxy) is 8. The van der Waals surface area contributed by atoms with Crippen molar-refractivity contribution >= 4 is 31.7 Å². The van der Waals surface area contributed by atoms with E-state index in [2.05, 4.69) is 46.8 Å². The molecule has 0 aromatic carbocycles. The number of aliphatic hydroxyl groups is 9. The zero-order valence-corrected chi connectivity index (χ0v) is 77.9. The van der Waals surface area contributed by atoms with Gasteiger partial charge in [-0.15, -0.1) is 0 Å². The lowest BCUT2D eigenvalue weighted by Gasteiger charge is -2.50. The molecule has 0 bridgehead atoms. The first-order valence-electron chi connectivity index (χ1n) is 49.8. The summed E-state index contributed by atoms with van der Waals surface area (Å²) in [5.74, 6) is -2.26. The molecule has 1 saturated carbocycles. The van der Waals surface area contributed by atoms with Gasteiger partial charge < -0.3 is 88.7 Å². The molecular weight excluding hydrogens is 1580 g/mol. The van der Waals surface area contributed by atoms with Crippen molar-refractivity contribution in [2.24, 2.45) is 5.92 Å². The molecule has 2 saturated heterocycles. The number of phosphoric ester groups is 1. The smallest absolute Gasteiger partial charge is 0.463 e. The zero-order valence-electron chi connectivity index (χ0n) is 77.0. The fraction of sp³-hybridized carbons (Fsp3) is 0.938. The van der Waals surface area contributed by atoms with Gasteiger partial charge >= 0.3 is 31.7 Å². The number of phosphoric acid groups is 1. The van der Waals surface area contributed by atoms with Crippen molar-refractivity contribution < 1.29 is 122 Å². The molecule has 0 spiro atoms. The van der Waals surface area contributed by atoms with Crippen LogP contribution in [-0.4, -0.2) is 205 Å². The molecule has 10 N–H and O–H groups in total. The summed E-state index contributed by atoms with van der Waals surface area (Å²) in [5.41, 5.74) is 0. The highest BCUT2D eigenvalue weighted by Crippen LogP contribution is 2.49. The second-order valence-electron chi connectivity index (χ2n) is 35.9. The van der Waals surface area contributed by atoms with Crippen molar-refractivity contribution in [3.8, 4) is 0 Å². The Bertz CT molecular complexity index is 2590. The van der Waals surface area contributed by atoms with Crippen molar-refractivity contribution in [2.75, 3.05) is 26.4 Å². The minimum atomic E-state index is -5.81. The monoisotopic (exact) mass is 1760 g/mol. The third-order valence-corrected chi connectivity index (χ3v) is 25.7. The highest BCUT2D eigenvalue weighted by Gasteiger charge is 2.60. The lowest BCUT2D eigenvalue weighted by atomic mass is 9.84. The highest BCUT2D eigenvalue weighted by molar-refractivity contribution is 7.47. The summed E-state index contributed by atoms with van der Waals surface area (Å²) < 4.78 is 73.7. The third-order valence-electron chi connectivity index (χ3n) is 24.7. The van der Waals surface area contributed by atoms with Crippen LogP contribution in [0.2, 0.25) is 0 Å². The largest absolute Gasteiger partial charge is 0.472 e. The Morgan fingerprint density at radius 3 is 1.07 bits per heavy atom. The predicted octanol–water partition coefficient (Wildman–Crippen LogP) is 19.4. The Labute approximate surface area is 737 Å². The Kier molecular flexibility index (Phi) is 68.7. The Balaban J connectivity index is 1.90. The molecule has 25 nitrogen and oxygen atoms in total. The van der Waals surface area contributed by atoms with E-state index in [4.69, 9.17) is 46.9 Å². The van der Waals surface area contributed by atoms with Crippen LogP contribution in [0.1, 0.15) is 439 Å². The van der Waals surface area contributed by atoms with Crippen LogP contribution in [0.15, 0.2) is 12.2 Å². The Hall–Kier alpha value is -2.79. The maximum atomic E-state index is 14.9. The minimum absolute atomic E-state index is 0.0163. The molecule has 0 radical (unpaired) electrons. The summed E-state index contributed by atoms with van der Waals surface area (Å²) in [7, 11) is -5.81. The molecule has 0 aromatic rings. The normalized spacial score (nSPS) is 24.8. The van der Waals surface area contributed by atoms with E-state index in [1.807, 2.05) is 0 Å². The van der Waals surface area contributed by atoms with Gasteiger partial charge in [0.05, 0.1) is 13.2 Å². The summed E-state index contributed by atoms with van der Waals surface area (Å²) in [6.07, 6.45) is 33.1. The lowest BCUT2D eigenvalue weighted by Crippen LogP contribution is -2.70. The van der Waals surface area contributed by atoms with Gasteiger partial charge in [-0.05, 0) is 57.3 Å². The van der Waals surface area contributed by atoms with E-state index in [1.165, 1.54) is 199 Å². The topological polar surface area (TPSA) is 380 Å².